The van der Waals surface area contributed by atoms with Crippen molar-refractivity contribution >= 4 is 21.6 Å². The topological polar surface area (TPSA) is 148 Å². The van der Waals surface area contributed by atoms with Gasteiger partial charge in [-0.15, -0.1) is 10.1 Å². The van der Waals surface area contributed by atoms with Gasteiger partial charge in [0.25, 0.3) is 5.09 Å². The molecule has 1 rings (SSSR count). The Balaban J connectivity index is 2.75. The largest absolute Gasteiger partial charge is 0.491 e. The number of ether oxygens (including phenoxy) is 1. The van der Waals surface area contributed by atoms with Gasteiger partial charge in [0.05, 0.1) is 11.4 Å². The molecule has 0 fully saturated rings. The third-order valence-corrected chi connectivity index (χ3v) is 5.19. The second kappa shape index (κ2) is 10.4. The maximum Gasteiger partial charge on any atom is 0.294 e. The smallest absolute Gasteiger partial charge is 0.294 e. The van der Waals surface area contributed by atoms with Crippen LogP contribution in [0.2, 0.25) is 0 Å². The van der Waals surface area contributed by atoms with Crippen LogP contribution in [0.25, 0.3) is 0 Å². The molecule has 0 radical (unpaired) electrons. The Hall–Kier alpha value is -2.44. The number of benzene rings is 1. The molecule has 0 aliphatic heterocycles. The fraction of sp³-hybridized carbons (Fsp3) is 0.588. The number of aliphatic hydroxyl groups is 1. The predicted octanol–water partition coefficient (Wildman–Crippen LogP) is 0.705. The van der Waals surface area contributed by atoms with E-state index in [1.165, 1.54) is 24.3 Å². The Morgan fingerprint density at radius 2 is 1.90 bits per heavy atom. The molecule has 1 amide bonds. The number of hydrogen-bond acceptors (Lipinski definition) is 9. The number of amides is 1. The number of nitrogens with one attached hydrogen (secondary N) is 1. The van der Waals surface area contributed by atoms with Gasteiger partial charge in [-0.3, -0.25) is 4.79 Å². The molecule has 11 nitrogen and oxygen atoms in total. The first kappa shape index (κ1) is 24.6. The van der Waals surface area contributed by atoms with Crippen LogP contribution in [0.15, 0.2) is 24.3 Å². The fourth-order valence-corrected chi connectivity index (χ4v) is 3.50. The standard InChI is InChI=1S/C17H27N3O8S/c1-13(21)19(29(25,26)10-9-28-20(23)24)14-5-7-16(8-6-14)27-12-15(22)11-18-17(2,3)4/h5-8,15,18,22H,9-12H2,1-4H3. The van der Waals surface area contributed by atoms with E-state index in [1.54, 1.807) is 0 Å². The van der Waals surface area contributed by atoms with Crippen LogP contribution >= 0.6 is 0 Å². The second-order valence-corrected chi connectivity index (χ2v) is 9.18. The van der Waals surface area contributed by atoms with Crippen LogP contribution in [0.1, 0.15) is 27.7 Å². The number of β-amino-alcohol motifs (C(OH)–C–C–N with tert-alkyl or cyclic N) is 1. The highest BCUT2D eigenvalue weighted by Gasteiger charge is 2.27. The van der Waals surface area contributed by atoms with E-state index in [1.807, 2.05) is 20.8 Å². The van der Waals surface area contributed by atoms with Crippen molar-refractivity contribution in [2.24, 2.45) is 0 Å². The Morgan fingerprint density at radius 1 is 1.31 bits per heavy atom. The number of nitrogens with zero attached hydrogens (tertiary/aromatic N) is 2. The van der Waals surface area contributed by atoms with Gasteiger partial charge in [-0.1, -0.05) is 0 Å². The van der Waals surface area contributed by atoms with E-state index in [9.17, 15) is 28.4 Å². The zero-order valence-electron chi connectivity index (χ0n) is 16.8. The molecule has 29 heavy (non-hydrogen) atoms. The number of rotatable bonds is 11. The van der Waals surface area contributed by atoms with Crippen LogP contribution in [0.5, 0.6) is 5.75 Å². The SMILES string of the molecule is CC(=O)N(c1ccc(OCC(O)CNC(C)(C)C)cc1)S(=O)(=O)CCO[N+](=O)[O-]. The summed E-state index contributed by atoms with van der Waals surface area (Å²) in [4.78, 5) is 26.0. The number of aliphatic hydroxyl groups excluding tert-OH is 1. The summed E-state index contributed by atoms with van der Waals surface area (Å²) in [5.41, 5.74) is -0.0875. The molecule has 0 aliphatic carbocycles. The first-order chi connectivity index (χ1) is 13.3. The van der Waals surface area contributed by atoms with Crippen molar-refractivity contribution in [1.29, 1.82) is 0 Å². The average Bonchev–Trinajstić information content (AvgIpc) is 2.57. The van der Waals surface area contributed by atoms with Crippen molar-refractivity contribution in [1.82, 2.24) is 5.32 Å². The van der Waals surface area contributed by atoms with Crippen molar-refractivity contribution in [3.63, 3.8) is 0 Å². The lowest BCUT2D eigenvalue weighted by molar-refractivity contribution is -0.756. The Kier molecular flexibility index (Phi) is 8.80. The van der Waals surface area contributed by atoms with Crippen molar-refractivity contribution in [3.05, 3.63) is 34.4 Å². The van der Waals surface area contributed by atoms with Gasteiger partial charge in [-0.2, -0.15) is 0 Å². The summed E-state index contributed by atoms with van der Waals surface area (Å²) in [6, 6.07) is 5.64. The van der Waals surface area contributed by atoms with E-state index in [0.29, 0.717) is 16.6 Å². The van der Waals surface area contributed by atoms with Gasteiger partial charge < -0.3 is 20.0 Å². The Morgan fingerprint density at radius 3 is 2.38 bits per heavy atom. The molecule has 0 bridgehead atoms. The molecule has 1 aromatic carbocycles. The first-order valence-electron chi connectivity index (χ1n) is 8.78. The second-order valence-electron chi connectivity index (χ2n) is 7.25. The van der Waals surface area contributed by atoms with E-state index in [-0.39, 0.29) is 17.8 Å². The molecule has 12 heteroatoms. The lowest BCUT2D eigenvalue weighted by Crippen LogP contribution is -2.42. The summed E-state index contributed by atoms with van der Waals surface area (Å²) in [6.45, 7) is 6.64. The first-order valence-corrected chi connectivity index (χ1v) is 10.4. The molecule has 0 heterocycles. The third kappa shape index (κ3) is 9.07. The third-order valence-electron chi connectivity index (χ3n) is 3.48. The Bertz CT molecular complexity index is 790. The monoisotopic (exact) mass is 433 g/mol. The maximum absolute atomic E-state index is 12.3. The van der Waals surface area contributed by atoms with Gasteiger partial charge in [0.2, 0.25) is 15.9 Å². The minimum Gasteiger partial charge on any atom is -0.491 e. The van der Waals surface area contributed by atoms with Crippen LogP contribution in [0, 0.1) is 10.1 Å². The predicted molar refractivity (Wildman–Crippen MR) is 106 cm³/mol. The summed E-state index contributed by atoms with van der Waals surface area (Å²) in [6.07, 6.45) is -0.746. The zero-order chi connectivity index (χ0) is 22.2. The highest BCUT2D eigenvalue weighted by Crippen LogP contribution is 2.23. The summed E-state index contributed by atoms with van der Waals surface area (Å²) in [5.74, 6) is -1.14. The lowest BCUT2D eigenvalue weighted by Gasteiger charge is -2.23. The highest BCUT2D eigenvalue weighted by atomic mass is 32.2. The van der Waals surface area contributed by atoms with Crippen LogP contribution in [-0.4, -0.2) is 61.7 Å². The number of sulfonamides is 1. The lowest BCUT2D eigenvalue weighted by atomic mass is 10.1. The van der Waals surface area contributed by atoms with Crippen LogP contribution in [0.3, 0.4) is 0 Å². The zero-order valence-corrected chi connectivity index (χ0v) is 17.6. The fourth-order valence-electron chi connectivity index (χ4n) is 2.20. The van der Waals surface area contributed by atoms with Crippen molar-refractivity contribution in [3.8, 4) is 5.75 Å². The molecular formula is C17H27N3O8S. The number of carbonyl (C=O) groups excluding carboxylic acids is 1. The molecule has 0 saturated heterocycles. The quantitative estimate of drug-likeness (QED) is 0.380. The summed E-state index contributed by atoms with van der Waals surface area (Å²) in [5, 5.41) is 22.1. The molecule has 1 atom stereocenters. The average molecular weight is 433 g/mol. The highest BCUT2D eigenvalue weighted by molar-refractivity contribution is 7.93. The summed E-state index contributed by atoms with van der Waals surface area (Å²) >= 11 is 0. The van der Waals surface area contributed by atoms with Gasteiger partial charge in [0.1, 0.15) is 25.1 Å². The molecule has 1 aromatic rings. The normalized spacial score (nSPS) is 12.9. The summed E-state index contributed by atoms with van der Waals surface area (Å²) in [7, 11) is -4.17. The maximum atomic E-state index is 12.3. The molecule has 0 aromatic heterocycles. The van der Waals surface area contributed by atoms with Gasteiger partial charge in [-0.05, 0) is 45.0 Å². The molecule has 0 saturated carbocycles. The van der Waals surface area contributed by atoms with Gasteiger partial charge in [-0.25, -0.2) is 12.7 Å². The van der Waals surface area contributed by atoms with Gasteiger partial charge >= 0.3 is 0 Å². The molecule has 2 N–H and O–H groups in total. The molecule has 0 aliphatic rings. The van der Waals surface area contributed by atoms with Crippen molar-refractivity contribution in [2.75, 3.05) is 29.8 Å². The van der Waals surface area contributed by atoms with E-state index >= 15 is 0 Å². The summed E-state index contributed by atoms with van der Waals surface area (Å²) < 4.78 is 30.7. The minimum absolute atomic E-state index is 0.0232. The number of anilines is 1. The van der Waals surface area contributed by atoms with Crippen molar-refractivity contribution in [2.45, 2.75) is 39.3 Å². The molecule has 164 valence electrons. The number of hydrogen-bond donors (Lipinski definition) is 2. The minimum atomic E-state index is -4.17. The van der Waals surface area contributed by atoms with Crippen LogP contribution < -0.4 is 14.4 Å². The van der Waals surface area contributed by atoms with E-state index in [0.717, 1.165) is 6.92 Å². The molecular weight excluding hydrogens is 406 g/mol. The number of carbonyl (C=O) groups is 1. The van der Waals surface area contributed by atoms with Gasteiger partial charge in [0, 0.05) is 19.0 Å². The van der Waals surface area contributed by atoms with Crippen LogP contribution in [0.4, 0.5) is 5.69 Å². The van der Waals surface area contributed by atoms with Crippen molar-refractivity contribution < 1.29 is 33.0 Å². The van der Waals surface area contributed by atoms with Gasteiger partial charge in [0.15, 0.2) is 0 Å². The molecule has 1 unspecified atom stereocenters. The van der Waals surface area contributed by atoms with E-state index in [2.05, 4.69) is 10.2 Å². The van der Waals surface area contributed by atoms with E-state index in [4.69, 9.17) is 4.74 Å². The Labute approximate surface area is 169 Å². The molecule has 0 spiro atoms. The van der Waals surface area contributed by atoms with E-state index < -0.39 is 39.5 Å². The van der Waals surface area contributed by atoms with Crippen LogP contribution in [-0.2, 0) is 19.7 Å².